The van der Waals surface area contributed by atoms with Gasteiger partial charge in [-0.05, 0) is 60.1 Å². The summed E-state index contributed by atoms with van der Waals surface area (Å²) in [5, 5.41) is 0. The second-order valence-corrected chi connectivity index (χ2v) is 9.97. The molecular formula is C29H38Cl2N2O3. The lowest BCUT2D eigenvalue weighted by Crippen LogP contribution is -2.18. The summed E-state index contributed by atoms with van der Waals surface area (Å²) in [5.74, 6) is 0.471. The van der Waals surface area contributed by atoms with Crippen LogP contribution in [0.2, 0.25) is 0 Å². The molecule has 7 heteroatoms. The third-order valence-corrected chi connectivity index (χ3v) is 5.82. The lowest BCUT2D eigenvalue weighted by atomic mass is 9.85. The Labute approximate surface area is 227 Å². The molecular weight excluding hydrogens is 495 g/mol. The van der Waals surface area contributed by atoms with E-state index in [-0.39, 0.29) is 42.6 Å². The Hall–Kier alpha value is -2.60. The molecule has 0 unspecified atom stereocenters. The monoisotopic (exact) mass is 532 g/mol. The molecule has 0 atom stereocenters. The number of methoxy groups -OCH3 is 1. The van der Waals surface area contributed by atoms with Crippen molar-refractivity contribution in [1.29, 1.82) is 0 Å². The van der Waals surface area contributed by atoms with E-state index in [4.69, 9.17) is 20.2 Å². The summed E-state index contributed by atoms with van der Waals surface area (Å²) in [7, 11) is 1.39. The highest BCUT2D eigenvalue weighted by Gasteiger charge is 2.22. The van der Waals surface area contributed by atoms with Gasteiger partial charge in [0.25, 0.3) is 0 Å². The van der Waals surface area contributed by atoms with E-state index in [9.17, 15) is 4.79 Å². The third kappa shape index (κ3) is 8.22. The normalized spacial score (nSPS) is 10.8. The van der Waals surface area contributed by atoms with E-state index in [1.54, 1.807) is 0 Å². The standard InChI is InChI=1S/C29H36N2O3.2ClH/c1-19-7-11-22(12-8-19)28-24(17-30)26(16-29(3,4)5)31-20(2)25(28)18-34-23-13-9-21(10-14-23)15-27(32)33-6;;/h7-14H,15-18,30H2,1-6H3;2*1H. The number of rotatable bonds is 8. The van der Waals surface area contributed by atoms with E-state index in [0.29, 0.717) is 13.2 Å². The van der Waals surface area contributed by atoms with Crippen LogP contribution in [0.3, 0.4) is 0 Å². The predicted octanol–water partition coefficient (Wildman–Crippen LogP) is 6.55. The number of pyridine rings is 1. The van der Waals surface area contributed by atoms with Crippen LogP contribution in [0.4, 0.5) is 0 Å². The summed E-state index contributed by atoms with van der Waals surface area (Å²) >= 11 is 0. The first-order valence-corrected chi connectivity index (χ1v) is 11.7. The van der Waals surface area contributed by atoms with Crippen molar-refractivity contribution in [2.24, 2.45) is 11.1 Å². The van der Waals surface area contributed by atoms with Crippen LogP contribution in [-0.2, 0) is 35.5 Å². The van der Waals surface area contributed by atoms with Crippen LogP contribution in [0.15, 0.2) is 48.5 Å². The Morgan fingerprint density at radius 1 is 0.944 bits per heavy atom. The molecule has 36 heavy (non-hydrogen) atoms. The van der Waals surface area contributed by atoms with Gasteiger partial charge in [-0.2, -0.15) is 0 Å². The zero-order valence-corrected chi connectivity index (χ0v) is 23.6. The summed E-state index contributed by atoms with van der Waals surface area (Å²) in [5.41, 5.74) is 14.9. The summed E-state index contributed by atoms with van der Waals surface area (Å²) in [6.07, 6.45) is 1.09. The van der Waals surface area contributed by atoms with Gasteiger partial charge in [-0.3, -0.25) is 9.78 Å². The first-order valence-electron chi connectivity index (χ1n) is 11.7. The van der Waals surface area contributed by atoms with Gasteiger partial charge in [-0.15, -0.1) is 24.8 Å². The van der Waals surface area contributed by atoms with Gasteiger partial charge in [0.2, 0.25) is 0 Å². The Morgan fingerprint density at radius 2 is 1.56 bits per heavy atom. The van der Waals surface area contributed by atoms with Gasteiger partial charge < -0.3 is 15.2 Å². The lowest BCUT2D eigenvalue weighted by Gasteiger charge is -2.24. The number of hydrogen-bond donors (Lipinski definition) is 1. The number of aromatic nitrogens is 1. The molecule has 3 aromatic rings. The number of benzene rings is 2. The SMILES string of the molecule is COC(=O)Cc1ccc(OCc2c(C)nc(CC(C)(C)C)c(CN)c2-c2ccc(C)cc2)cc1.Cl.Cl. The molecule has 196 valence electrons. The molecule has 0 amide bonds. The highest BCUT2D eigenvalue weighted by molar-refractivity contribution is 5.85. The average Bonchev–Trinajstić information content (AvgIpc) is 2.78. The minimum absolute atomic E-state index is 0. The number of ether oxygens (including phenoxy) is 2. The van der Waals surface area contributed by atoms with Crippen molar-refractivity contribution in [3.8, 4) is 16.9 Å². The minimum Gasteiger partial charge on any atom is -0.489 e. The summed E-state index contributed by atoms with van der Waals surface area (Å²) in [6, 6.07) is 16.1. The third-order valence-electron chi connectivity index (χ3n) is 5.82. The molecule has 5 nitrogen and oxygen atoms in total. The van der Waals surface area contributed by atoms with E-state index in [2.05, 4.69) is 52.0 Å². The molecule has 0 fully saturated rings. The minimum atomic E-state index is -0.261. The number of carbonyl (C=O) groups excluding carboxylic acids is 1. The van der Waals surface area contributed by atoms with Gasteiger partial charge in [-0.1, -0.05) is 62.7 Å². The topological polar surface area (TPSA) is 74.4 Å². The molecule has 0 aliphatic heterocycles. The summed E-state index contributed by atoms with van der Waals surface area (Å²) in [6.45, 7) is 11.6. The van der Waals surface area contributed by atoms with Gasteiger partial charge in [0.05, 0.1) is 13.5 Å². The number of halogens is 2. The van der Waals surface area contributed by atoms with Crippen LogP contribution in [-0.4, -0.2) is 18.1 Å². The first-order chi connectivity index (χ1) is 16.1. The molecule has 2 N–H and O–H groups in total. The van der Waals surface area contributed by atoms with E-state index < -0.39 is 0 Å². The number of nitrogens with two attached hydrogens (primary N) is 1. The van der Waals surface area contributed by atoms with E-state index in [1.807, 2.05) is 31.2 Å². The molecule has 0 saturated carbocycles. The number of hydrogen-bond acceptors (Lipinski definition) is 5. The second-order valence-electron chi connectivity index (χ2n) is 9.97. The van der Waals surface area contributed by atoms with Gasteiger partial charge in [0.15, 0.2) is 0 Å². The Kier molecular flexibility index (Phi) is 11.9. The average molecular weight is 534 g/mol. The van der Waals surface area contributed by atoms with Crippen molar-refractivity contribution >= 4 is 30.8 Å². The first kappa shape index (κ1) is 31.4. The Balaban J connectivity index is 0.00000324. The van der Waals surface area contributed by atoms with Crippen LogP contribution in [0, 0.1) is 19.3 Å². The highest BCUT2D eigenvalue weighted by atomic mass is 35.5. The largest absolute Gasteiger partial charge is 0.489 e. The molecule has 0 radical (unpaired) electrons. The fraction of sp³-hybridized carbons (Fsp3) is 0.379. The van der Waals surface area contributed by atoms with Crippen molar-refractivity contribution in [3.05, 3.63) is 82.2 Å². The molecule has 1 heterocycles. The number of esters is 1. The molecule has 0 spiro atoms. The summed E-state index contributed by atoms with van der Waals surface area (Å²) < 4.78 is 10.9. The second kappa shape index (κ2) is 13.6. The van der Waals surface area contributed by atoms with E-state index in [1.165, 1.54) is 12.7 Å². The molecule has 2 aromatic carbocycles. The zero-order valence-electron chi connectivity index (χ0n) is 22.0. The number of carbonyl (C=O) groups is 1. The predicted molar refractivity (Wildman–Crippen MR) is 151 cm³/mol. The van der Waals surface area contributed by atoms with Crippen LogP contribution >= 0.6 is 24.8 Å². The van der Waals surface area contributed by atoms with Crippen LogP contribution < -0.4 is 10.5 Å². The maximum atomic E-state index is 11.5. The maximum absolute atomic E-state index is 11.5. The van der Waals surface area contributed by atoms with Crippen molar-refractivity contribution in [3.63, 3.8) is 0 Å². The quantitative estimate of drug-likeness (QED) is 0.333. The maximum Gasteiger partial charge on any atom is 0.309 e. The Morgan fingerprint density at radius 3 is 2.08 bits per heavy atom. The van der Waals surface area contributed by atoms with Gasteiger partial charge >= 0.3 is 5.97 Å². The van der Waals surface area contributed by atoms with Crippen molar-refractivity contribution in [2.45, 2.75) is 60.6 Å². The molecule has 0 aliphatic rings. The highest BCUT2D eigenvalue weighted by Crippen LogP contribution is 2.34. The van der Waals surface area contributed by atoms with Gasteiger partial charge in [-0.25, -0.2) is 0 Å². The molecule has 3 rings (SSSR count). The van der Waals surface area contributed by atoms with Gasteiger partial charge in [0.1, 0.15) is 12.4 Å². The fourth-order valence-corrected chi connectivity index (χ4v) is 4.06. The van der Waals surface area contributed by atoms with Crippen molar-refractivity contribution in [2.75, 3.05) is 7.11 Å². The van der Waals surface area contributed by atoms with Crippen LogP contribution in [0.25, 0.3) is 11.1 Å². The Bertz CT molecular complexity index is 1140. The van der Waals surface area contributed by atoms with Crippen LogP contribution in [0.1, 0.15) is 54.4 Å². The van der Waals surface area contributed by atoms with Crippen molar-refractivity contribution in [1.82, 2.24) is 4.98 Å². The number of aryl methyl sites for hydroxylation is 2. The van der Waals surface area contributed by atoms with E-state index >= 15 is 0 Å². The fourth-order valence-electron chi connectivity index (χ4n) is 4.06. The van der Waals surface area contributed by atoms with Gasteiger partial charge in [0, 0.05) is 23.5 Å². The lowest BCUT2D eigenvalue weighted by molar-refractivity contribution is -0.139. The molecule has 0 bridgehead atoms. The van der Waals surface area contributed by atoms with Crippen molar-refractivity contribution < 1.29 is 14.3 Å². The molecule has 0 aliphatic carbocycles. The summed E-state index contributed by atoms with van der Waals surface area (Å²) in [4.78, 5) is 16.5. The number of nitrogens with zero attached hydrogens (tertiary/aromatic N) is 1. The molecule has 0 saturated heterocycles. The zero-order chi connectivity index (χ0) is 24.9. The smallest absolute Gasteiger partial charge is 0.309 e. The van der Waals surface area contributed by atoms with E-state index in [0.717, 1.165) is 51.4 Å². The van der Waals surface area contributed by atoms with Crippen LogP contribution in [0.5, 0.6) is 5.75 Å². The molecule has 1 aromatic heterocycles.